The molecule has 4 nitrogen and oxygen atoms in total. The van der Waals surface area contributed by atoms with Crippen LogP contribution < -0.4 is 0 Å². The first-order valence-corrected chi connectivity index (χ1v) is 7.28. The summed E-state index contributed by atoms with van der Waals surface area (Å²) in [6, 6.07) is 0. The van der Waals surface area contributed by atoms with Gasteiger partial charge in [0.15, 0.2) is 0 Å². The van der Waals surface area contributed by atoms with E-state index >= 15 is 0 Å². The molecule has 2 aliphatic rings. The molecule has 2 fully saturated rings. The molecule has 0 aromatic heterocycles. The Morgan fingerprint density at radius 2 is 2.07 bits per heavy atom. The van der Waals surface area contributed by atoms with E-state index < -0.39 is 10.0 Å². The normalized spacial score (nSPS) is 34.3. The largest absolute Gasteiger partial charge is 0.371 e. The van der Waals surface area contributed by atoms with Crippen LogP contribution in [0.4, 0.5) is 0 Å². The Kier molecular flexibility index (Phi) is 3.26. The molecule has 0 spiro atoms. The first-order chi connectivity index (χ1) is 7.04. The summed E-state index contributed by atoms with van der Waals surface area (Å²) in [5.74, 6) is 0.348. The highest BCUT2D eigenvalue weighted by Gasteiger charge is 2.42. The van der Waals surface area contributed by atoms with E-state index in [1.54, 1.807) is 4.31 Å². The molecule has 0 amide bonds. The maximum atomic E-state index is 12.0. The molecule has 1 saturated heterocycles. The van der Waals surface area contributed by atoms with Gasteiger partial charge in [-0.15, -0.1) is 11.6 Å². The van der Waals surface area contributed by atoms with E-state index in [4.69, 9.17) is 16.3 Å². The molecule has 6 heteroatoms. The molecule has 2 rings (SSSR count). The molecule has 2 unspecified atom stereocenters. The molecule has 0 radical (unpaired) electrons. The molecule has 1 heterocycles. The Balaban J connectivity index is 2.08. The van der Waals surface area contributed by atoms with Crippen LogP contribution >= 0.6 is 11.6 Å². The van der Waals surface area contributed by atoms with Gasteiger partial charge in [-0.05, 0) is 19.8 Å². The summed E-state index contributed by atoms with van der Waals surface area (Å²) in [6.45, 7) is 2.76. The van der Waals surface area contributed by atoms with E-state index in [9.17, 15) is 8.42 Å². The van der Waals surface area contributed by atoms with Gasteiger partial charge >= 0.3 is 0 Å². The van der Waals surface area contributed by atoms with Crippen LogP contribution in [0.2, 0.25) is 0 Å². The number of ether oxygens (including phenoxy) is 1. The van der Waals surface area contributed by atoms with E-state index in [0.717, 1.165) is 12.8 Å². The van der Waals surface area contributed by atoms with E-state index in [2.05, 4.69) is 0 Å². The summed E-state index contributed by atoms with van der Waals surface area (Å²) in [5, 5.41) is -0.140. The van der Waals surface area contributed by atoms with Crippen molar-refractivity contribution in [2.75, 3.05) is 19.0 Å². The maximum absolute atomic E-state index is 12.0. The van der Waals surface area contributed by atoms with Gasteiger partial charge in [-0.2, -0.15) is 4.31 Å². The third-order valence-corrected chi connectivity index (χ3v) is 5.45. The fourth-order valence-electron chi connectivity index (χ4n) is 1.87. The Bertz CT molecular complexity index is 328. The molecule has 0 aromatic carbocycles. The van der Waals surface area contributed by atoms with Crippen LogP contribution in [0.5, 0.6) is 0 Å². The van der Waals surface area contributed by atoms with Crippen LogP contribution in [0.25, 0.3) is 0 Å². The number of hydrogen-bond acceptors (Lipinski definition) is 3. The van der Waals surface area contributed by atoms with Gasteiger partial charge in [-0.3, -0.25) is 0 Å². The van der Waals surface area contributed by atoms with Crippen LogP contribution in [-0.4, -0.2) is 49.2 Å². The van der Waals surface area contributed by atoms with Gasteiger partial charge in [0.2, 0.25) is 10.0 Å². The van der Waals surface area contributed by atoms with Crippen molar-refractivity contribution in [1.82, 2.24) is 4.31 Å². The smallest absolute Gasteiger partial charge is 0.217 e. The molecule has 0 bridgehead atoms. The molecule has 88 valence electrons. The average Bonchev–Trinajstić information content (AvgIpc) is 3.00. The number of hydrogen-bond donors (Lipinski definition) is 0. The van der Waals surface area contributed by atoms with Crippen molar-refractivity contribution in [3.05, 3.63) is 0 Å². The Labute approximate surface area is 95.6 Å². The summed E-state index contributed by atoms with van der Waals surface area (Å²) in [5.41, 5.74) is 0. The van der Waals surface area contributed by atoms with Gasteiger partial charge in [-0.1, -0.05) is 0 Å². The van der Waals surface area contributed by atoms with Gasteiger partial charge < -0.3 is 4.74 Å². The summed E-state index contributed by atoms with van der Waals surface area (Å²) in [6.07, 6.45) is 1.39. The standard InChI is InChI=1S/C9H16ClNO3S/c1-7-5-11(6-8(4-10)14-7)15(12,13)9-2-3-9/h7-9H,2-6H2,1H3. The molecule has 1 saturated carbocycles. The molecule has 0 aromatic rings. The molecule has 1 aliphatic heterocycles. The fourth-order valence-corrected chi connectivity index (χ4v) is 3.99. The number of rotatable bonds is 3. The van der Waals surface area contributed by atoms with Crippen molar-refractivity contribution in [2.45, 2.75) is 37.2 Å². The van der Waals surface area contributed by atoms with Crippen molar-refractivity contribution >= 4 is 21.6 Å². The van der Waals surface area contributed by atoms with E-state index in [0.29, 0.717) is 19.0 Å². The van der Waals surface area contributed by atoms with Crippen LogP contribution in [-0.2, 0) is 14.8 Å². The Morgan fingerprint density at radius 1 is 1.40 bits per heavy atom. The summed E-state index contributed by atoms with van der Waals surface area (Å²) in [4.78, 5) is 0. The summed E-state index contributed by atoms with van der Waals surface area (Å²) >= 11 is 5.71. The van der Waals surface area contributed by atoms with Crippen LogP contribution in [0.15, 0.2) is 0 Å². The number of halogens is 1. The van der Waals surface area contributed by atoms with E-state index in [1.165, 1.54) is 0 Å². The van der Waals surface area contributed by atoms with Crippen molar-refractivity contribution in [2.24, 2.45) is 0 Å². The molecule has 1 aliphatic carbocycles. The number of sulfonamides is 1. The number of nitrogens with zero attached hydrogens (tertiary/aromatic N) is 1. The summed E-state index contributed by atoms with van der Waals surface area (Å²) < 4.78 is 31.0. The van der Waals surface area contributed by atoms with Gasteiger partial charge in [-0.25, -0.2) is 8.42 Å². The zero-order valence-corrected chi connectivity index (χ0v) is 10.3. The lowest BCUT2D eigenvalue weighted by molar-refractivity contribution is -0.0423. The molecular formula is C9H16ClNO3S. The van der Waals surface area contributed by atoms with Gasteiger partial charge in [0.1, 0.15) is 0 Å². The second-order valence-electron chi connectivity index (χ2n) is 4.28. The third-order valence-electron chi connectivity index (χ3n) is 2.77. The summed E-state index contributed by atoms with van der Waals surface area (Å²) in [7, 11) is -3.07. The highest BCUT2D eigenvalue weighted by molar-refractivity contribution is 7.90. The van der Waals surface area contributed by atoms with Crippen LogP contribution in [0.3, 0.4) is 0 Å². The first kappa shape index (κ1) is 11.6. The van der Waals surface area contributed by atoms with Crippen LogP contribution in [0.1, 0.15) is 19.8 Å². The highest BCUT2D eigenvalue weighted by Crippen LogP contribution is 2.32. The number of alkyl halides is 1. The van der Waals surface area contributed by atoms with Crippen molar-refractivity contribution in [3.63, 3.8) is 0 Å². The van der Waals surface area contributed by atoms with Gasteiger partial charge in [0, 0.05) is 19.0 Å². The quantitative estimate of drug-likeness (QED) is 0.700. The van der Waals surface area contributed by atoms with E-state index in [1.807, 2.05) is 6.92 Å². The molecule has 15 heavy (non-hydrogen) atoms. The van der Waals surface area contributed by atoms with E-state index in [-0.39, 0.29) is 17.5 Å². The zero-order valence-electron chi connectivity index (χ0n) is 8.73. The fraction of sp³-hybridized carbons (Fsp3) is 1.00. The van der Waals surface area contributed by atoms with Crippen molar-refractivity contribution < 1.29 is 13.2 Å². The lowest BCUT2D eigenvalue weighted by Crippen LogP contribution is -2.50. The van der Waals surface area contributed by atoms with Gasteiger partial charge in [0.05, 0.1) is 17.5 Å². The monoisotopic (exact) mass is 253 g/mol. The lowest BCUT2D eigenvalue weighted by atomic mass is 10.3. The maximum Gasteiger partial charge on any atom is 0.217 e. The minimum atomic E-state index is -3.07. The number of morpholine rings is 1. The van der Waals surface area contributed by atoms with Crippen LogP contribution in [0, 0.1) is 0 Å². The highest BCUT2D eigenvalue weighted by atomic mass is 35.5. The minimum Gasteiger partial charge on any atom is -0.371 e. The zero-order chi connectivity index (χ0) is 11.1. The van der Waals surface area contributed by atoms with Crippen molar-refractivity contribution in [1.29, 1.82) is 0 Å². The molecular weight excluding hydrogens is 238 g/mol. The average molecular weight is 254 g/mol. The first-order valence-electron chi connectivity index (χ1n) is 5.24. The second kappa shape index (κ2) is 4.20. The van der Waals surface area contributed by atoms with Crippen molar-refractivity contribution in [3.8, 4) is 0 Å². The topological polar surface area (TPSA) is 46.6 Å². The SMILES string of the molecule is CC1CN(S(=O)(=O)C2CC2)CC(CCl)O1. The predicted octanol–water partition coefficient (Wildman–Crippen LogP) is 0.807. The Hall–Kier alpha value is 0.160. The predicted molar refractivity (Wildman–Crippen MR) is 58.6 cm³/mol. The van der Waals surface area contributed by atoms with Gasteiger partial charge in [0.25, 0.3) is 0 Å². The Morgan fingerprint density at radius 3 is 2.60 bits per heavy atom. The molecule has 0 N–H and O–H groups in total. The third kappa shape index (κ3) is 2.46. The molecule has 2 atom stereocenters. The lowest BCUT2D eigenvalue weighted by Gasteiger charge is -2.35. The second-order valence-corrected chi connectivity index (χ2v) is 6.81. The minimum absolute atomic E-state index is 0.0592.